The first kappa shape index (κ1) is 15.7. The third-order valence-corrected chi connectivity index (χ3v) is 4.09. The first-order valence-electron chi connectivity index (χ1n) is 8.14. The van der Waals surface area contributed by atoms with E-state index in [0.717, 1.165) is 16.8 Å². The van der Waals surface area contributed by atoms with Crippen molar-refractivity contribution in [3.8, 4) is 22.5 Å². The van der Waals surface area contributed by atoms with Crippen molar-refractivity contribution in [2.45, 2.75) is 0 Å². The van der Waals surface area contributed by atoms with Gasteiger partial charge in [-0.2, -0.15) is 0 Å². The van der Waals surface area contributed by atoms with E-state index in [4.69, 9.17) is 0 Å². The average molecular weight is 344 g/mol. The fraction of sp³-hybridized carbons (Fsp3) is 0. The van der Waals surface area contributed by atoms with Crippen LogP contribution in [-0.2, 0) is 0 Å². The summed E-state index contributed by atoms with van der Waals surface area (Å²) >= 11 is 0. The molecule has 26 heavy (non-hydrogen) atoms. The highest BCUT2D eigenvalue weighted by molar-refractivity contribution is 6.05. The number of hydrogen-bond donors (Lipinski definition) is 4. The Bertz CT molecular complexity index is 1090. The van der Waals surface area contributed by atoms with Gasteiger partial charge in [-0.15, -0.1) is 0 Å². The lowest BCUT2D eigenvalue weighted by Crippen LogP contribution is -2.17. The predicted octanol–water partition coefficient (Wildman–Crippen LogP) is 3.62. The van der Waals surface area contributed by atoms with Gasteiger partial charge in [0.25, 0.3) is 11.5 Å². The topological polar surface area (TPSA) is 93.5 Å². The van der Waals surface area contributed by atoms with Gasteiger partial charge in [0.2, 0.25) is 0 Å². The van der Waals surface area contributed by atoms with Gasteiger partial charge < -0.3 is 10.3 Å². The van der Waals surface area contributed by atoms with Crippen LogP contribution in [0.1, 0.15) is 10.5 Å². The summed E-state index contributed by atoms with van der Waals surface area (Å²) in [5.74, 6) is -0.380. The maximum Gasteiger partial charge on any atom is 0.288 e. The molecule has 4 N–H and O–H groups in total. The van der Waals surface area contributed by atoms with Crippen LogP contribution in [0, 0.1) is 0 Å². The second kappa shape index (κ2) is 6.60. The minimum atomic E-state index is -0.382. The van der Waals surface area contributed by atoms with Crippen LogP contribution in [0.25, 0.3) is 22.5 Å². The van der Waals surface area contributed by atoms with Crippen molar-refractivity contribution >= 4 is 11.6 Å². The Morgan fingerprint density at radius 2 is 1.42 bits per heavy atom. The summed E-state index contributed by atoms with van der Waals surface area (Å²) in [5, 5.41) is 8.03. The van der Waals surface area contributed by atoms with Gasteiger partial charge in [0.1, 0.15) is 11.4 Å². The highest BCUT2D eigenvalue weighted by Gasteiger charge is 2.17. The number of H-pyrrole nitrogens is 3. The van der Waals surface area contributed by atoms with E-state index in [-0.39, 0.29) is 17.2 Å². The van der Waals surface area contributed by atoms with E-state index in [1.807, 2.05) is 66.7 Å². The minimum absolute atomic E-state index is 0.192. The molecule has 2 aromatic carbocycles. The fourth-order valence-electron chi connectivity index (χ4n) is 2.79. The third kappa shape index (κ3) is 2.95. The molecule has 2 heterocycles. The monoisotopic (exact) mass is 344 g/mol. The molecule has 4 aromatic rings. The lowest BCUT2D eigenvalue weighted by Gasteiger charge is -2.04. The van der Waals surface area contributed by atoms with Gasteiger partial charge in [-0.25, -0.2) is 0 Å². The molecular weight excluding hydrogens is 328 g/mol. The molecule has 0 atom stereocenters. The van der Waals surface area contributed by atoms with E-state index >= 15 is 0 Å². The molecular formula is C20H16N4O2. The van der Waals surface area contributed by atoms with Gasteiger partial charge >= 0.3 is 0 Å². The third-order valence-electron chi connectivity index (χ3n) is 4.09. The molecule has 1 amide bonds. The largest absolute Gasteiger partial charge is 0.351 e. The number of benzene rings is 2. The molecule has 0 unspecified atom stereocenters. The number of aromatic amines is 3. The quantitative estimate of drug-likeness (QED) is 0.455. The number of carbonyl (C=O) groups excluding carboxylic acids is 1. The number of anilines is 1. The van der Waals surface area contributed by atoms with Crippen molar-refractivity contribution < 1.29 is 4.79 Å². The SMILES string of the molecule is O=C(Nc1c(-c2ccccc2)[nH][nH]c1=O)c1ccc(-c2ccccc2)[nH]1. The summed E-state index contributed by atoms with van der Waals surface area (Å²) in [6.07, 6.45) is 0. The number of hydrogen-bond acceptors (Lipinski definition) is 2. The smallest absolute Gasteiger partial charge is 0.288 e. The van der Waals surface area contributed by atoms with Crippen LogP contribution in [0.4, 0.5) is 5.69 Å². The Morgan fingerprint density at radius 3 is 2.12 bits per heavy atom. The van der Waals surface area contributed by atoms with Crippen LogP contribution in [-0.4, -0.2) is 21.1 Å². The Hall–Kier alpha value is -3.80. The van der Waals surface area contributed by atoms with Gasteiger partial charge in [-0.3, -0.25) is 19.8 Å². The zero-order valence-corrected chi connectivity index (χ0v) is 13.7. The maximum absolute atomic E-state index is 12.6. The molecule has 0 bridgehead atoms. The Labute approximate surface area is 148 Å². The number of nitrogens with one attached hydrogen (secondary N) is 4. The van der Waals surface area contributed by atoms with Gasteiger partial charge in [-0.05, 0) is 17.7 Å². The predicted molar refractivity (Wildman–Crippen MR) is 101 cm³/mol. The summed E-state index contributed by atoms with van der Waals surface area (Å²) in [5.41, 5.74) is 3.35. The molecule has 0 spiro atoms. The van der Waals surface area contributed by atoms with Gasteiger partial charge in [-0.1, -0.05) is 60.7 Å². The van der Waals surface area contributed by atoms with Gasteiger partial charge in [0.15, 0.2) is 0 Å². The number of aromatic nitrogens is 3. The lowest BCUT2D eigenvalue weighted by molar-refractivity contribution is 0.102. The summed E-state index contributed by atoms with van der Waals surface area (Å²) in [6, 6.07) is 22.6. The summed E-state index contributed by atoms with van der Waals surface area (Å²) in [4.78, 5) is 27.8. The van der Waals surface area contributed by atoms with Crippen molar-refractivity contribution in [3.05, 3.63) is 88.8 Å². The van der Waals surface area contributed by atoms with Crippen molar-refractivity contribution in [1.29, 1.82) is 0 Å². The van der Waals surface area contributed by atoms with E-state index < -0.39 is 0 Å². The number of carbonyl (C=O) groups is 1. The van der Waals surface area contributed by atoms with Crippen molar-refractivity contribution in [1.82, 2.24) is 15.2 Å². The first-order chi connectivity index (χ1) is 12.7. The van der Waals surface area contributed by atoms with Crippen LogP contribution in [0.5, 0.6) is 0 Å². The molecule has 0 saturated carbocycles. The van der Waals surface area contributed by atoms with E-state index in [9.17, 15) is 9.59 Å². The van der Waals surface area contributed by atoms with Crippen molar-refractivity contribution in [2.75, 3.05) is 5.32 Å². The van der Waals surface area contributed by atoms with Crippen LogP contribution in [0.2, 0.25) is 0 Å². The highest BCUT2D eigenvalue weighted by Crippen LogP contribution is 2.23. The Balaban J connectivity index is 1.61. The fourth-order valence-corrected chi connectivity index (χ4v) is 2.79. The van der Waals surface area contributed by atoms with Gasteiger partial charge in [0.05, 0.1) is 5.69 Å². The molecule has 0 saturated heterocycles. The van der Waals surface area contributed by atoms with E-state index in [2.05, 4.69) is 20.5 Å². The molecule has 6 heteroatoms. The minimum Gasteiger partial charge on any atom is -0.351 e. The van der Waals surface area contributed by atoms with Gasteiger partial charge in [0, 0.05) is 11.3 Å². The summed E-state index contributed by atoms with van der Waals surface area (Å²) in [7, 11) is 0. The molecule has 0 fully saturated rings. The zero-order valence-electron chi connectivity index (χ0n) is 13.7. The molecule has 6 nitrogen and oxygen atoms in total. The average Bonchev–Trinajstić information content (AvgIpc) is 3.31. The van der Waals surface area contributed by atoms with E-state index in [1.165, 1.54) is 0 Å². The number of rotatable bonds is 4. The van der Waals surface area contributed by atoms with Crippen molar-refractivity contribution in [2.24, 2.45) is 0 Å². The van der Waals surface area contributed by atoms with Crippen LogP contribution >= 0.6 is 0 Å². The van der Waals surface area contributed by atoms with Crippen LogP contribution in [0.3, 0.4) is 0 Å². The molecule has 0 aliphatic heterocycles. The maximum atomic E-state index is 12.6. The second-order valence-electron chi connectivity index (χ2n) is 5.80. The molecule has 0 radical (unpaired) electrons. The normalized spacial score (nSPS) is 10.6. The summed E-state index contributed by atoms with van der Waals surface area (Å²) < 4.78 is 0. The number of amides is 1. The summed E-state index contributed by atoms with van der Waals surface area (Å²) in [6.45, 7) is 0. The van der Waals surface area contributed by atoms with E-state index in [0.29, 0.717) is 11.4 Å². The Morgan fingerprint density at radius 1 is 0.769 bits per heavy atom. The van der Waals surface area contributed by atoms with Crippen LogP contribution < -0.4 is 10.9 Å². The first-order valence-corrected chi connectivity index (χ1v) is 8.14. The van der Waals surface area contributed by atoms with Crippen LogP contribution in [0.15, 0.2) is 77.6 Å². The second-order valence-corrected chi connectivity index (χ2v) is 5.80. The molecule has 4 rings (SSSR count). The Kier molecular flexibility index (Phi) is 3.99. The molecule has 0 aliphatic carbocycles. The van der Waals surface area contributed by atoms with E-state index in [1.54, 1.807) is 6.07 Å². The lowest BCUT2D eigenvalue weighted by atomic mass is 10.1. The molecule has 2 aromatic heterocycles. The zero-order chi connectivity index (χ0) is 17.9. The molecule has 128 valence electrons. The standard InChI is InChI=1S/C20H16N4O2/c25-19(16-12-11-15(21-16)13-7-3-1-4-8-13)22-18-17(23-24-20(18)26)14-9-5-2-6-10-14/h1-12,21H,(H,22,25)(H2,23,24,26). The highest BCUT2D eigenvalue weighted by atomic mass is 16.2. The molecule has 0 aliphatic rings. The van der Waals surface area contributed by atoms with Crippen molar-refractivity contribution in [3.63, 3.8) is 0 Å².